The van der Waals surface area contributed by atoms with Gasteiger partial charge in [-0.2, -0.15) is 0 Å². The highest BCUT2D eigenvalue weighted by molar-refractivity contribution is 14.1. The SMILES string of the molecule is Nc1cc(C(=O)CI)ccc1C(=O)OON1C(=O)CCC1=O. The molecule has 116 valence electrons. The average molecular weight is 418 g/mol. The van der Waals surface area contributed by atoms with Gasteiger partial charge in [-0.3, -0.25) is 19.3 Å². The molecule has 0 atom stereocenters. The summed E-state index contributed by atoms with van der Waals surface area (Å²) in [4.78, 5) is 54.8. The maximum atomic E-state index is 11.8. The zero-order valence-corrected chi connectivity index (χ0v) is 13.4. The van der Waals surface area contributed by atoms with E-state index in [0.29, 0.717) is 10.6 Å². The molecule has 2 rings (SSSR count). The van der Waals surface area contributed by atoms with Crippen molar-refractivity contribution in [1.82, 2.24) is 5.06 Å². The summed E-state index contributed by atoms with van der Waals surface area (Å²) < 4.78 is 0.281. The number of hydrogen-bond donors (Lipinski definition) is 1. The molecule has 1 saturated heterocycles. The molecule has 22 heavy (non-hydrogen) atoms. The summed E-state index contributed by atoms with van der Waals surface area (Å²) >= 11 is 1.92. The number of halogens is 1. The van der Waals surface area contributed by atoms with E-state index in [9.17, 15) is 19.2 Å². The Morgan fingerprint density at radius 2 is 1.86 bits per heavy atom. The highest BCUT2D eigenvalue weighted by Gasteiger charge is 2.32. The molecule has 1 aliphatic rings. The highest BCUT2D eigenvalue weighted by Crippen LogP contribution is 2.18. The maximum Gasteiger partial charge on any atom is 0.377 e. The van der Waals surface area contributed by atoms with E-state index in [4.69, 9.17) is 5.73 Å². The molecule has 1 fully saturated rings. The molecule has 9 heteroatoms. The lowest BCUT2D eigenvalue weighted by atomic mass is 10.1. The van der Waals surface area contributed by atoms with E-state index in [1.807, 2.05) is 22.6 Å². The van der Waals surface area contributed by atoms with Crippen molar-refractivity contribution in [2.45, 2.75) is 12.8 Å². The molecule has 0 bridgehead atoms. The van der Waals surface area contributed by atoms with Crippen molar-refractivity contribution >= 4 is 51.8 Å². The second kappa shape index (κ2) is 6.83. The van der Waals surface area contributed by atoms with Crippen LogP contribution < -0.4 is 5.73 Å². The van der Waals surface area contributed by atoms with Gasteiger partial charge in [-0.15, -0.1) is 5.06 Å². The van der Waals surface area contributed by atoms with Crippen LogP contribution in [0.25, 0.3) is 0 Å². The number of rotatable bonds is 5. The number of carbonyl (C=O) groups excluding carboxylic acids is 4. The van der Waals surface area contributed by atoms with Crippen molar-refractivity contribution < 1.29 is 29.1 Å². The van der Waals surface area contributed by atoms with E-state index in [1.54, 1.807) is 0 Å². The first-order chi connectivity index (χ1) is 10.4. The summed E-state index contributed by atoms with van der Waals surface area (Å²) in [7, 11) is 0. The van der Waals surface area contributed by atoms with Crippen molar-refractivity contribution in [1.29, 1.82) is 0 Å². The number of alkyl halides is 1. The first-order valence-electron chi connectivity index (χ1n) is 6.17. The monoisotopic (exact) mass is 418 g/mol. The van der Waals surface area contributed by atoms with E-state index in [1.165, 1.54) is 18.2 Å². The van der Waals surface area contributed by atoms with Crippen LogP contribution in [0.1, 0.15) is 33.6 Å². The van der Waals surface area contributed by atoms with Crippen molar-refractivity contribution in [2.24, 2.45) is 0 Å². The predicted octanol–water partition coefficient (Wildman–Crippen LogP) is 1.04. The predicted molar refractivity (Wildman–Crippen MR) is 81.7 cm³/mol. The zero-order chi connectivity index (χ0) is 16.3. The summed E-state index contributed by atoms with van der Waals surface area (Å²) in [5.41, 5.74) is 6.06. The van der Waals surface area contributed by atoms with Gasteiger partial charge in [0, 0.05) is 24.1 Å². The number of hydrogen-bond acceptors (Lipinski definition) is 7. The molecule has 1 aromatic rings. The third-order valence-corrected chi connectivity index (χ3v) is 3.60. The molecule has 0 saturated carbocycles. The van der Waals surface area contributed by atoms with Gasteiger partial charge in [0.25, 0.3) is 11.8 Å². The van der Waals surface area contributed by atoms with Crippen LogP contribution in [0.15, 0.2) is 18.2 Å². The van der Waals surface area contributed by atoms with E-state index in [2.05, 4.69) is 9.88 Å². The number of hydroxylamine groups is 2. The Kier molecular flexibility index (Phi) is 5.08. The zero-order valence-electron chi connectivity index (χ0n) is 11.2. The van der Waals surface area contributed by atoms with Gasteiger partial charge in [0.15, 0.2) is 5.78 Å². The summed E-state index contributed by atoms with van der Waals surface area (Å²) in [5, 5.41) is 0.391. The number of nitrogen functional groups attached to an aromatic ring is 1. The largest absolute Gasteiger partial charge is 0.398 e. The van der Waals surface area contributed by atoms with Crippen LogP contribution >= 0.6 is 22.6 Å². The second-order valence-corrected chi connectivity index (χ2v) is 5.15. The number of ketones is 1. The van der Waals surface area contributed by atoms with Gasteiger partial charge >= 0.3 is 5.97 Å². The van der Waals surface area contributed by atoms with Crippen molar-refractivity contribution in [3.63, 3.8) is 0 Å². The standard InChI is InChI=1S/C13H11IN2O6/c14-6-10(17)7-1-2-8(9(15)5-7)13(20)21-22-16-11(18)3-4-12(16)19/h1-2,5H,3-4,6,15H2. The molecular weight excluding hydrogens is 407 g/mol. The molecule has 8 nitrogen and oxygen atoms in total. The number of nitrogens with two attached hydrogens (primary N) is 1. The molecule has 0 aliphatic carbocycles. The van der Waals surface area contributed by atoms with Crippen LogP contribution in [0.3, 0.4) is 0 Å². The average Bonchev–Trinajstić information content (AvgIpc) is 2.82. The number of benzene rings is 1. The van der Waals surface area contributed by atoms with Gasteiger partial charge in [-0.25, -0.2) is 4.79 Å². The number of nitrogens with zero attached hydrogens (tertiary/aromatic N) is 1. The van der Waals surface area contributed by atoms with Gasteiger partial charge in [0.1, 0.15) is 0 Å². The van der Waals surface area contributed by atoms with Gasteiger partial charge in [-0.05, 0) is 17.1 Å². The Morgan fingerprint density at radius 1 is 1.23 bits per heavy atom. The summed E-state index contributed by atoms with van der Waals surface area (Å²) in [6.07, 6.45) is 0.0112. The summed E-state index contributed by atoms with van der Waals surface area (Å²) in [6, 6.07) is 4.10. The van der Waals surface area contributed by atoms with Crippen LogP contribution in [0.5, 0.6) is 0 Å². The minimum Gasteiger partial charge on any atom is -0.398 e. The van der Waals surface area contributed by atoms with Crippen molar-refractivity contribution in [3.8, 4) is 0 Å². The lowest BCUT2D eigenvalue weighted by molar-refractivity contribution is -0.353. The van der Waals surface area contributed by atoms with Crippen LogP contribution in [0.2, 0.25) is 0 Å². The number of carbonyl (C=O) groups is 4. The Bertz CT molecular complexity index is 644. The van der Waals surface area contributed by atoms with Gasteiger partial charge < -0.3 is 5.73 Å². The molecular formula is C13H11IN2O6. The van der Waals surface area contributed by atoms with Crippen molar-refractivity contribution in [3.05, 3.63) is 29.3 Å². The summed E-state index contributed by atoms with van der Waals surface area (Å²) in [5.74, 6) is -2.28. The molecule has 0 spiro atoms. The minimum atomic E-state index is -0.974. The van der Waals surface area contributed by atoms with Crippen LogP contribution in [0.4, 0.5) is 5.69 Å². The van der Waals surface area contributed by atoms with Gasteiger partial charge in [-0.1, -0.05) is 28.7 Å². The van der Waals surface area contributed by atoms with Crippen LogP contribution in [-0.4, -0.2) is 33.1 Å². The van der Waals surface area contributed by atoms with E-state index in [-0.39, 0.29) is 34.3 Å². The van der Waals surface area contributed by atoms with Gasteiger partial charge in [0.2, 0.25) is 0 Å². The lowest BCUT2D eigenvalue weighted by Crippen LogP contribution is -2.30. The van der Waals surface area contributed by atoms with E-state index >= 15 is 0 Å². The number of amides is 2. The van der Waals surface area contributed by atoms with Crippen molar-refractivity contribution in [2.75, 3.05) is 10.2 Å². The van der Waals surface area contributed by atoms with Gasteiger partial charge in [0.05, 0.1) is 9.99 Å². The Balaban J connectivity index is 2.05. The topological polar surface area (TPSA) is 116 Å². The Labute approximate surface area is 138 Å². The molecule has 0 radical (unpaired) electrons. The maximum absolute atomic E-state index is 11.8. The first kappa shape index (κ1) is 16.4. The minimum absolute atomic E-state index is 0.00559. The number of anilines is 1. The quantitative estimate of drug-likeness (QED) is 0.145. The first-order valence-corrected chi connectivity index (χ1v) is 7.70. The Hall–Kier alpha value is -2.01. The molecule has 1 aliphatic heterocycles. The Morgan fingerprint density at radius 3 is 2.41 bits per heavy atom. The summed E-state index contributed by atoms with van der Waals surface area (Å²) in [6.45, 7) is 0. The third-order valence-electron chi connectivity index (χ3n) is 2.91. The third kappa shape index (κ3) is 3.42. The molecule has 1 aromatic carbocycles. The van der Waals surface area contributed by atoms with Crippen LogP contribution in [0, 0.1) is 0 Å². The molecule has 1 heterocycles. The fraction of sp³-hybridized carbons (Fsp3) is 0.231. The highest BCUT2D eigenvalue weighted by atomic mass is 127. The lowest BCUT2D eigenvalue weighted by Gasteiger charge is -2.11. The number of imide groups is 1. The normalized spacial score (nSPS) is 14.3. The van der Waals surface area contributed by atoms with E-state index < -0.39 is 17.8 Å². The second-order valence-electron chi connectivity index (χ2n) is 4.39. The van der Waals surface area contributed by atoms with E-state index in [0.717, 1.165) is 0 Å². The number of Topliss-reactive ketones (excluding diaryl/α,β-unsaturated/α-hetero) is 1. The molecule has 0 unspecified atom stereocenters. The van der Waals surface area contributed by atoms with Crippen LogP contribution in [-0.2, 0) is 19.5 Å². The molecule has 0 aromatic heterocycles. The molecule has 2 N–H and O–H groups in total. The fourth-order valence-corrected chi connectivity index (χ4v) is 2.19. The fourth-order valence-electron chi connectivity index (χ4n) is 1.75. The smallest absolute Gasteiger partial charge is 0.377 e. The molecule has 2 amide bonds.